The van der Waals surface area contributed by atoms with Crippen LogP contribution in [0.4, 0.5) is 0 Å². The van der Waals surface area contributed by atoms with Crippen molar-refractivity contribution >= 4 is 21.8 Å². The van der Waals surface area contributed by atoms with Crippen molar-refractivity contribution in [2.75, 3.05) is 0 Å². The van der Waals surface area contributed by atoms with Crippen LogP contribution >= 0.6 is 21.8 Å². The Morgan fingerprint density at radius 1 is 1.55 bits per heavy atom. The highest BCUT2D eigenvalue weighted by Crippen LogP contribution is 2.29. The predicted octanol–water partition coefficient (Wildman–Crippen LogP) is 1.34. The van der Waals surface area contributed by atoms with Crippen molar-refractivity contribution in [3.05, 3.63) is 23.6 Å². The molecule has 2 heterocycles. The average Bonchev–Trinajstić information content (AvgIpc) is 2.58. The molecular formula is C4H5N5S2. The van der Waals surface area contributed by atoms with Crippen LogP contribution in [0.25, 0.3) is 0 Å². The molecule has 0 saturated carbocycles. The summed E-state index contributed by atoms with van der Waals surface area (Å²) in [6, 6.07) is 0. The van der Waals surface area contributed by atoms with Gasteiger partial charge >= 0.3 is 0 Å². The Balaban J connectivity index is 2.05. The normalized spacial score (nSPS) is 21.1. The summed E-state index contributed by atoms with van der Waals surface area (Å²) in [4.78, 5) is 0. The van der Waals surface area contributed by atoms with E-state index >= 15 is 0 Å². The van der Waals surface area contributed by atoms with Crippen LogP contribution in [0.15, 0.2) is 34.0 Å². The Morgan fingerprint density at radius 3 is 3.18 bits per heavy atom. The Morgan fingerprint density at radius 2 is 2.55 bits per heavy atom. The molecule has 0 amide bonds. The van der Waals surface area contributed by atoms with Crippen LogP contribution in [0.2, 0.25) is 0 Å². The molecule has 58 valence electrons. The van der Waals surface area contributed by atoms with Crippen LogP contribution in [0.5, 0.6) is 0 Å². The smallest absolute Gasteiger partial charge is 0.144 e. The topological polar surface area (TPSA) is 52.0 Å². The van der Waals surface area contributed by atoms with Gasteiger partial charge in [-0.3, -0.25) is 0 Å². The zero-order chi connectivity index (χ0) is 7.52. The first kappa shape index (κ1) is 6.86. The lowest BCUT2D eigenvalue weighted by Crippen LogP contribution is -2.32. The number of hydrogen-bond donors (Lipinski definition) is 2. The largest absolute Gasteiger partial charge is 0.304 e. The van der Waals surface area contributed by atoms with E-state index in [9.17, 15) is 0 Å². The van der Waals surface area contributed by atoms with E-state index in [1.807, 2.05) is 5.41 Å². The molecule has 2 N–H and O–H groups in total. The highest BCUT2D eigenvalue weighted by molar-refractivity contribution is 8.77. The number of hydrogen-bond acceptors (Lipinski definition) is 7. The quantitative estimate of drug-likeness (QED) is 0.479. The molecule has 0 spiro atoms. The molecule has 0 saturated heterocycles. The second kappa shape index (κ2) is 3.05. The van der Waals surface area contributed by atoms with Gasteiger partial charge < -0.3 is 4.72 Å². The van der Waals surface area contributed by atoms with E-state index in [0.29, 0.717) is 0 Å². The second-order valence-corrected chi connectivity index (χ2v) is 3.64. The van der Waals surface area contributed by atoms with Gasteiger partial charge in [0, 0.05) is 16.4 Å². The lowest BCUT2D eigenvalue weighted by Gasteiger charge is -2.19. The fourth-order valence-electron chi connectivity index (χ4n) is 0.638. The lowest BCUT2D eigenvalue weighted by molar-refractivity contribution is 0.315. The van der Waals surface area contributed by atoms with Gasteiger partial charge in [-0.15, -0.1) is 5.11 Å². The Bertz CT molecular complexity index is 235. The van der Waals surface area contributed by atoms with E-state index in [2.05, 4.69) is 20.6 Å². The van der Waals surface area contributed by atoms with E-state index in [1.165, 1.54) is 0 Å². The number of hydrazine groups is 1. The molecule has 0 unspecified atom stereocenters. The molecule has 0 aromatic heterocycles. The molecule has 2 rings (SSSR count). The summed E-state index contributed by atoms with van der Waals surface area (Å²) in [5, 5.41) is 11.0. The standard InChI is InChI=1S/C4H5N5S2/c1-2-9(8-7-5-1)4-3-10-11-6-4/h1-3,6H,(H,5,8). The number of rotatable bonds is 1. The zero-order valence-electron chi connectivity index (χ0n) is 5.39. The van der Waals surface area contributed by atoms with Crippen LogP contribution in [-0.2, 0) is 0 Å². The fraction of sp³-hybridized carbons (Fsp3) is 0. The minimum absolute atomic E-state index is 0.968. The summed E-state index contributed by atoms with van der Waals surface area (Å²) in [6.07, 6.45) is 3.41. The van der Waals surface area contributed by atoms with E-state index in [4.69, 9.17) is 0 Å². The van der Waals surface area contributed by atoms with Crippen LogP contribution < -0.4 is 10.3 Å². The van der Waals surface area contributed by atoms with Gasteiger partial charge in [0.15, 0.2) is 0 Å². The number of nitrogens with one attached hydrogen (secondary N) is 2. The molecule has 5 nitrogen and oxygen atoms in total. The van der Waals surface area contributed by atoms with Gasteiger partial charge in [0.1, 0.15) is 5.82 Å². The predicted molar refractivity (Wildman–Crippen MR) is 45.4 cm³/mol. The van der Waals surface area contributed by atoms with Gasteiger partial charge in [0.05, 0.1) is 12.4 Å². The van der Waals surface area contributed by atoms with Gasteiger partial charge in [-0.05, 0) is 10.8 Å². The maximum atomic E-state index is 3.62. The van der Waals surface area contributed by atoms with Gasteiger partial charge in [-0.25, -0.2) is 5.01 Å². The van der Waals surface area contributed by atoms with Crippen LogP contribution in [-0.4, -0.2) is 5.01 Å². The minimum atomic E-state index is 0.968. The zero-order valence-corrected chi connectivity index (χ0v) is 7.02. The van der Waals surface area contributed by atoms with Crippen molar-refractivity contribution in [3.63, 3.8) is 0 Å². The van der Waals surface area contributed by atoms with E-state index in [-0.39, 0.29) is 0 Å². The van der Waals surface area contributed by atoms with Crippen molar-refractivity contribution in [1.82, 2.24) is 15.3 Å². The molecule has 0 radical (unpaired) electrons. The van der Waals surface area contributed by atoms with Crippen LogP contribution in [0.3, 0.4) is 0 Å². The average molecular weight is 187 g/mol. The molecule has 0 atom stereocenters. The van der Waals surface area contributed by atoms with Gasteiger partial charge in [-0.2, -0.15) is 5.53 Å². The highest BCUT2D eigenvalue weighted by Gasteiger charge is 2.11. The summed E-state index contributed by atoms with van der Waals surface area (Å²) < 4.78 is 3.08. The Labute approximate surface area is 71.5 Å². The van der Waals surface area contributed by atoms with Gasteiger partial charge in [0.2, 0.25) is 0 Å². The molecule has 0 aromatic carbocycles. The van der Waals surface area contributed by atoms with E-state index < -0.39 is 0 Å². The summed E-state index contributed by atoms with van der Waals surface area (Å²) in [5.41, 5.74) is 2.71. The maximum Gasteiger partial charge on any atom is 0.144 e. The summed E-state index contributed by atoms with van der Waals surface area (Å²) >= 11 is 0. The molecule has 0 bridgehead atoms. The molecule has 11 heavy (non-hydrogen) atoms. The molecule has 7 heteroatoms. The van der Waals surface area contributed by atoms with Crippen molar-refractivity contribution in [3.8, 4) is 0 Å². The Hall–Kier alpha value is -0.820. The number of nitrogens with zero attached hydrogens (tertiary/aromatic N) is 3. The first-order valence-electron chi connectivity index (χ1n) is 2.87. The summed E-state index contributed by atoms with van der Waals surface area (Å²) in [5.74, 6) is 0.968. The van der Waals surface area contributed by atoms with Crippen LogP contribution in [0, 0.1) is 0 Å². The van der Waals surface area contributed by atoms with E-state index in [0.717, 1.165) is 5.82 Å². The molecule has 0 fully saturated rings. The van der Waals surface area contributed by atoms with Crippen LogP contribution in [0.1, 0.15) is 0 Å². The van der Waals surface area contributed by atoms with Crippen molar-refractivity contribution < 1.29 is 0 Å². The van der Waals surface area contributed by atoms with Gasteiger partial charge in [-0.1, -0.05) is 5.22 Å². The van der Waals surface area contributed by atoms with E-state index in [1.54, 1.807) is 39.2 Å². The maximum absolute atomic E-state index is 3.62. The molecule has 0 aliphatic carbocycles. The second-order valence-electron chi connectivity index (χ2n) is 1.77. The van der Waals surface area contributed by atoms with Crippen molar-refractivity contribution in [2.24, 2.45) is 10.3 Å². The van der Waals surface area contributed by atoms with Crippen molar-refractivity contribution in [1.29, 1.82) is 0 Å². The minimum Gasteiger partial charge on any atom is -0.304 e. The third-order valence-electron chi connectivity index (χ3n) is 1.11. The SMILES string of the molecule is C1=CN(C2=CSSN2)NN=N1. The monoisotopic (exact) mass is 187 g/mol. The highest BCUT2D eigenvalue weighted by atomic mass is 33.1. The summed E-state index contributed by atoms with van der Waals surface area (Å²) in [7, 11) is 3.19. The Kier molecular flexibility index (Phi) is 1.91. The first-order valence-corrected chi connectivity index (χ1v) is 5.08. The van der Waals surface area contributed by atoms with Crippen molar-refractivity contribution in [2.45, 2.75) is 0 Å². The third-order valence-corrected chi connectivity index (χ3v) is 2.64. The molecule has 2 aliphatic rings. The third kappa shape index (κ3) is 1.43. The summed E-state index contributed by atoms with van der Waals surface area (Å²) in [6.45, 7) is 0. The van der Waals surface area contributed by atoms with Gasteiger partial charge in [0.25, 0.3) is 0 Å². The lowest BCUT2D eigenvalue weighted by atomic mass is 10.7. The first-order chi connectivity index (χ1) is 5.47. The molecular weight excluding hydrogens is 182 g/mol. The molecule has 0 aromatic rings. The fourth-order valence-corrected chi connectivity index (χ4v) is 2.13. The molecule has 2 aliphatic heterocycles.